The number of rotatable bonds is 2. The van der Waals surface area contributed by atoms with Gasteiger partial charge < -0.3 is 10.7 Å². The van der Waals surface area contributed by atoms with Crippen LogP contribution in [0, 0.1) is 5.82 Å². The Morgan fingerprint density at radius 1 is 1.00 bits per heavy atom. The fourth-order valence-corrected chi connectivity index (χ4v) is 2.20. The molecule has 0 aliphatic rings. The molecule has 0 radical (unpaired) electrons. The van der Waals surface area contributed by atoms with Gasteiger partial charge in [-0.3, -0.25) is 0 Å². The summed E-state index contributed by atoms with van der Waals surface area (Å²) >= 11 is 0. The minimum atomic E-state index is -0.248. The van der Waals surface area contributed by atoms with Gasteiger partial charge in [-0.15, -0.1) is 0 Å². The van der Waals surface area contributed by atoms with Crippen molar-refractivity contribution >= 4 is 10.9 Å². The summed E-state index contributed by atoms with van der Waals surface area (Å²) in [5.74, 6) is -0.245. The molecule has 0 fully saturated rings. The highest BCUT2D eigenvalue weighted by molar-refractivity contribution is 5.84. The van der Waals surface area contributed by atoms with Crippen molar-refractivity contribution in [1.29, 1.82) is 0 Å². The molecule has 1 heterocycles. The quantitative estimate of drug-likeness (QED) is 0.708. The Kier molecular flexibility index (Phi) is 2.61. The van der Waals surface area contributed by atoms with E-state index in [0.29, 0.717) is 0 Å². The summed E-state index contributed by atoms with van der Waals surface area (Å²) in [6.07, 6.45) is 1.92. The van der Waals surface area contributed by atoms with Crippen molar-refractivity contribution in [2.75, 3.05) is 0 Å². The van der Waals surface area contributed by atoms with Gasteiger partial charge in [0.05, 0.1) is 6.04 Å². The number of nitrogens with one attached hydrogen (secondary N) is 1. The van der Waals surface area contributed by atoms with E-state index < -0.39 is 0 Å². The smallest absolute Gasteiger partial charge is 0.123 e. The topological polar surface area (TPSA) is 41.8 Å². The van der Waals surface area contributed by atoms with E-state index in [4.69, 9.17) is 5.73 Å². The number of aromatic amines is 1. The number of aromatic nitrogens is 1. The second-order valence-electron chi connectivity index (χ2n) is 4.32. The summed E-state index contributed by atoms with van der Waals surface area (Å²) in [5.41, 5.74) is 9.22. The molecule has 0 aliphatic carbocycles. The number of benzene rings is 2. The van der Waals surface area contributed by atoms with Crippen molar-refractivity contribution in [3.05, 3.63) is 71.7 Å². The van der Waals surface area contributed by atoms with Crippen LogP contribution in [-0.4, -0.2) is 4.98 Å². The molecule has 0 saturated heterocycles. The molecular weight excluding hydrogens is 227 g/mol. The predicted octanol–water partition coefficient (Wildman–Crippen LogP) is 3.36. The molecule has 2 aromatic carbocycles. The lowest BCUT2D eigenvalue weighted by atomic mass is 9.99. The molecule has 0 aliphatic heterocycles. The molecule has 0 spiro atoms. The molecule has 0 amide bonds. The van der Waals surface area contributed by atoms with E-state index in [0.717, 1.165) is 22.0 Å². The molecular formula is C15H13FN2. The Bertz CT molecular complexity index is 670. The van der Waals surface area contributed by atoms with Crippen LogP contribution in [0.2, 0.25) is 0 Å². The van der Waals surface area contributed by atoms with Gasteiger partial charge in [0.1, 0.15) is 5.82 Å². The van der Waals surface area contributed by atoms with Crippen LogP contribution in [0.4, 0.5) is 4.39 Å². The molecule has 0 bridgehead atoms. The first-order valence-electron chi connectivity index (χ1n) is 5.83. The molecule has 3 heteroatoms. The van der Waals surface area contributed by atoms with E-state index in [1.165, 1.54) is 12.1 Å². The van der Waals surface area contributed by atoms with Crippen LogP contribution in [-0.2, 0) is 0 Å². The zero-order valence-electron chi connectivity index (χ0n) is 9.73. The van der Waals surface area contributed by atoms with Gasteiger partial charge in [0.2, 0.25) is 0 Å². The average molecular weight is 240 g/mol. The van der Waals surface area contributed by atoms with E-state index in [9.17, 15) is 4.39 Å². The second kappa shape index (κ2) is 4.27. The Labute approximate surface area is 104 Å². The van der Waals surface area contributed by atoms with Gasteiger partial charge in [0.15, 0.2) is 0 Å². The minimum Gasteiger partial charge on any atom is -0.361 e. The minimum absolute atomic E-state index is 0.245. The maximum absolute atomic E-state index is 12.9. The highest BCUT2D eigenvalue weighted by Gasteiger charge is 2.13. The van der Waals surface area contributed by atoms with E-state index in [2.05, 4.69) is 4.98 Å². The first kappa shape index (κ1) is 11.0. The van der Waals surface area contributed by atoms with Crippen LogP contribution in [0.15, 0.2) is 54.7 Å². The van der Waals surface area contributed by atoms with Crippen molar-refractivity contribution in [3.63, 3.8) is 0 Å². The van der Waals surface area contributed by atoms with Crippen LogP contribution in [0.5, 0.6) is 0 Å². The maximum atomic E-state index is 12.9. The fraction of sp³-hybridized carbons (Fsp3) is 0.0667. The Morgan fingerprint density at radius 2 is 1.72 bits per heavy atom. The lowest BCUT2D eigenvalue weighted by Gasteiger charge is -2.11. The number of hydrogen-bond donors (Lipinski definition) is 2. The monoisotopic (exact) mass is 240 g/mol. The van der Waals surface area contributed by atoms with Crippen molar-refractivity contribution in [2.45, 2.75) is 6.04 Å². The summed E-state index contributed by atoms with van der Waals surface area (Å²) in [7, 11) is 0. The molecule has 3 N–H and O–H groups in total. The van der Waals surface area contributed by atoms with Crippen molar-refractivity contribution in [2.24, 2.45) is 5.73 Å². The van der Waals surface area contributed by atoms with Gasteiger partial charge in [-0.05, 0) is 29.3 Å². The molecule has 3 aromatic rings. The van der Waals surface area contributed by atoms with Gasteiger partial charge in [0, 0.05) is 17.1 Å². The van der Waals surface area contributed by atoms with Gasteiger partial charge in [-0.2, -0.15) is 0 Å². The molecule has 1 aromatic heterocycles. The van der Waals surface area contributed by atoms with E-state index >= 15 is 0 Å². The first-order valence-corrected chi connectivity index (χ1v) is 5.83. The Balaban J connectivity index is 2.06. The SMILES string of the molecule is NC(c1ccc(F)cc1)c1c[nH]c2ccccc12. The summed E-state index contributed by atoms with van der Waals surface area (Å²) in [6, 6.07) is 14.1. The van der Waals surface area contributed by atoms with Crippen LogP contribution < -0.4 is 5.73 Å². The molecule has 18 heavy (non-hydrogen) atoms. The number of hydrogen-bond acceptors (Lipinski definition) is 1. The molecule has 1 atom stereocenters. The summed E-state index contributed by atoms with van der Waals surface area (Å²) < 4.78 is 12.9. The molecule has 3 rings (SSSR count). The normalized spacial score (nSPS) is 12.8. The maximum Gasteiger partial charge on any atom is 0.123 e. The average Bonchev–Trinajstić information content (AvgIpc) is 2.82. The highest BCUT2D eigenvalue weighted by atomic mass is 19.1. The number of fused-ring (bicyclic) bond motifs is 1. The van der Waals surface area contributed by atoms with Crippen LogP contribution in [0.3, 0.4) is 0 Å². The van der Waals surface area contributed by atoms with Gasteiger partial charge in [-0.1, -0.05) is 30.3 Å². The number of para-hydroxylation sites is 1. The predicted molar refractivity (Wildman–Crippen MR) is 70.7 cm³/mol. The standard InChI is InChI=1S/C15H13FN2/c16-11-7-5-10(6-8-11)15(17)13-9-18-14-4-2-1-3-12(13)14/h1-9,15,18H,17H2. The van der Waals surface area contributed by atoms with Crippen molar-refractivity contribution < 1.29 is 4.39 Å². The van der Waals surface area contributed by atoms with Gasteiger partial charge in [-0.25, -0.2) is 4.39 Å². The number of H-pyrrole nitrogens is 1. The van der Waals surface area contributed by atoms with Gasteiger partial charge in [0.25, 0.3) is 0 Å². The summed E-state index contributed by atoms with van der Waals surface area (Å²) in [4.78, 5) is 3.20. The molecule has 0 saturated carbocycles. The van der Waals surface area contributed by atoms with Gasteiger partial charge >= 0.3 is 0 Å². The lowest BCUT2D eigenvalue weighted by Crippen LogP contribution is -2.11. The zero-order chi connectivity index (χ0) is 12.5. The fourth-order valence-electron chi connectivity index (χ4n) is 2.20. The van der Waals surface area contributed by atoms with Crippen LogP contribution in [0.1, 0.15) is 17.2 Å². The Morgan fingerprint density at radius 3 is 2.50 bits per heavy atom. The van der Waals surface area contributed by atoms with Crippen molar-refractivity contribution in [3.8, 4) is 0 Å². The number of halogens is 1. The van der Waals surface area contributed by atoms with E-state index in [1.807, 2.05) is 30.5 Å². The summed E-state index contributed by atoms with van der Waals surface area (Å²) in [5, 5.41) is 1.11. The first-order chi connectivity index (χ1) is 8.75. The molecule has 2 nitrogen and oxygen atoms in total. The van der Waals surface area contributed by atoms with Crippen LogP contribution >= 0.6 is 0 Å². The lowest BCUT2D eigenvalue weighted by molar-refractivity contribution is 0.626. The molecule has 1 unspecified atom stereocenters. The zero-order valence-corrected chi connectivity index (χ0v) is 9.73. The van der Waals surface area contributed by atoms with Crippen molar-refractivity contribution in [1.82, 2.24) is 4.98 Å². The number of nitrogens with two attached hydrogens (primary N) is 1. The van der Waals surface area contributed by atoms with E-state index in [1.54, 1.807) is 12.1 Å². The highest BCUT2D eigenvalue weighted by Crippen LogP contribution is 2.27. The third-order valence-electron chi connectivity index (χ3n) is 3.19. The van der Waals surface area contributed by atoms with Crippen LogP contribution in [0.25, 0.3) is 10.9 Å². The molecule has 90 valence electrons. The van der Waals surface area contributed by atoms with E-state index in [-0.39, 0.29) is 11.9 Å². The third kappa shape index (κ3) is 1.79. The third-order valence-corrected chi connectivity index (χ3v) is 3.19. The largest absolute Gasteiger partial charge is 0.361 e. The Hall–Kier alpha value is -2.13. The second-order valence-corrected chi connectivity index (χ2v) is 4.32. The summed E-state index contributed by atoms with van der Waals surface area (Å²) in [6.45, 7) is 0.